The SMILES string of the molecule is NC1CCN(CC(=O)Nc2cc(F)c(Br)cc2F)CC1. The Bertz CT molecular complexity index is 505. The van der Waals surface area contributed by atoms with Crippen molar-refractivity contribution in [2.45, 2.75) is 18.9 Å². The van der Waals surface area contributed by atoms with E-state index in [2.05, 4.69) is 21.2 Å². The van der Waals surface area contributed by atoms with E-state index in [1.165, 1.54) is 0 Å². The third-order valence-corrected chi connectivity index (χ3v) is 3.89. The number of benzene rings is 1. The van der Waals surface area contributed by atoms with E-state index in [0.29, 0.717) is 0 Å². The molecular weight excluding hydrogens is 332 g/mol. The Labute approximate surface area is 124 Å². The molecule has 1 aromatic carbocycles. The second kappa shape index (κ2) is 6.60. The summed E-state index contributed by atoms with van der Waals surface area (Å²) in [5.74, 6) is -1.65. The van der Waals surface area contributed by atoms with E-state index in [1.807, 2.05) is 4.90 Å². The molecule has 1 aliphatic heterocycles. The third kappa shape index (κ3) is 3.97. The van der Waals surface area contributed by atoms with Crippen LogP contribution < -0.4 is 11.1 Å². The van der Waals surface area contributed by atoms with Crippen molar-refractivity contribution in [2.24, 2.45) is 5.73 Å². The average molecular weight is 348 g/mol. The molecule has 1 amide bonds. The zero-order chi connectivity index (χ0) is 14.7. The van der Waals surface area contributed by atoms with E-state index in [4.69, 9.17) is 5.73 Å². The van der Waals surface area contributed by atoms with E-state index >= 15 is 0 Å². The topological polar surface area (TPSA) is 58.4 Å². The van der Waals surface area contributed by atoms with E-state index in [1.54, 1.807) is 0 Å². The summed E-state index contributed by atoms with van der Waals surface area (Å²) >= 11 is 2.88. The minimum atomic E-state index is -0.674. The van der Waals surface area contributed by atoms with Crippen molar-refractivity contribution in [2.75, 3.05) is 25.0 Å². The van der Waals surface area contributed by atoms with Crippen molar-refractivity contribution >= 4 is 27.5 Å². The molecule has 0 saturated carbocycles. The predicted molar refractivity (Wildman–Crippen MR) is 76.3 cm³/mol. The quantitative estimate of drug-likeness (QED) is 0.823. The molecule has 0 radical (unpaired) electrons. The lowest BCUT2D eigenvalue weighted by Crippen LogP contribution is -2.43. The number of hydrogen-bond acceptors (Lipinski definition) is 3. The third-order valence-electron chi connectivity index (χ3n) is 3.28. The molecule has 0 bridgehead atoms. The van der Waals surface area contributed by atoms with Crippen LogP contribution in [-0.4, -0.2) is 36.5 Å². The number of halogens is 3. The minimum absolute atomic E-state index is 0.0259. The molecule has 1 heterocycles. The van der Waals surface area contributed by atoms with Crippen LogP contribution in [0.2, 0.25) is 0 Å². The van der Waals surface area contributed by atoms with Gasteiger partial charge in [0.25, 0.3) is 0 Å². The van der Waals surface area contributed by atoms with Crippen LogP contribution in [0.3, 0.4) is 0 Å². The van der Waals surface area contributed by atoms with Crippen molar-refractivity contribution in [3.05, 3.63) is 28.2 Å². The van der Waals surface area contributed by atoms with Crippen LogP contribution in [-0.2, 0) is 4.79 Å². The van der Waals surface area contributed by atoms with Crippen LogP contribution in [0.25, 0.3) is 0 Å². The molecule has 0 aromatic heterocycles. The minimum Gasteiger partial charge on any atom is -0.328 e. The first-order chi connectivity index (χ1) is 9.45. The van der Waals surface area contributed by atoms with Gasteiger partial charge in [-0.1, -0.05) is 0 Å². The highest BCUT2D eigenvalue weighted by Crippen LogP contribution is 2.23. The van der Waals surface area contributed by atoms with E-state index in [-0.39, 0.29) is 28.7 Å². The highest BCUT2D eigenvalue weighted by Gasteiger charge is 2.19. The van der Waals surface area contributed by atoms with Crippen molar-refractivity contribution < 1.29 is 13.6 Å². The fourth-order valence-electron chi connectivity index (χ4n) is 2.12. The van der Waals surface area contributed by atoms with Gasteiger partial charge in [-0.15, -0.1) is 0 Å². The Balaban J connectivity index is 1.93. The van der Waals surface area contributed by atoms with Gasteiger partial charge in [-0.3, -0.25) is 9.69 Å². The standard InChI is InChI=1S/C13H16BrF2N3O/c14-9-5-11(16)12(6-10(9)15)18-13(20)7-19-3-1-8(17)2-4-19/h5-6,8H,1-4,7,17H2,(H,18,20). The molecule has 1 aliphatic rings. The van der Waals surface area contributed by atoms with Gasteiger partial charge in [0.2, 0.25) is 5.91 Å². The Morgan fingerprint density at radius 2 is 2.00 bits per heavy atom. The number of anilines is 1. The summed E-state index contributed by atoms with van der Waals surface area (Å²) in [6, 6.07) is 2.14. The van der Waals surface area contributed by atoms with Crippen LogP contribution in [0.4, 0.5) is 14.5 Å². The Morgan fingerprint density at radius 3 is 2.65 bits per heavy atom. The van der Waals surface area contributed by atoms with Crippen molar-refractivity contribution in [1.82, 2.24) is 4.90 Å². The Kier molecular flexibility index (Phi) is 5.06. The lowest BCUT2D eigenvalue weighted by Gasteiger charge is -2.29. The summed E-state index contributed by atoms with van der Waals surface area (Å²) in [4.78, 5) is 13.8. The van der Waals surface area contributed by atoms with E-state index in [9.17, 15) is 13.6 Å². The number of nitrogens with zero attached hydrogens (tertiary/aromatic N) is 1. The number of nitrogens with two attached hydrogens (primary N) is 1. The molecular formula is C13H16BrF2N3O. The van der Waals surface area contributed by atoms with Gasteiger partial charge in [0, 0.05) is 25.2 Å². The molecule has 2 rings (SSSR count). The number of piperidine rings is 1. The van der Waals surface area contributed by atoms with Gasteiger partial charge in [-0.25, -0.2) is 8.78 Å². The van der Waals surface area contributed by atoms with E-state index in [0.717, 1.165) is 38.1 Å². The van der Waals surface area contributed by atoms with Gasteiger partial charge in [0.05, 0.1) is 16.7 Å². The molecule has 110 valence electrons. The molecule has 1 saturated heterocycles. The molecule has 0 spiro atoms. The molecule has 7 heteroatoms. The largest absolute Gasteiger partial charge is 0.328 e. The van der Waals surface area contributed by atoms with Gasteiger partial charge in [-0.05, 0) is 34.8 Å². The van der Waals surface area contributed by atoms with Crippen molar-refractivity contribution in [3.63, 3.8) is 0 Å². The van der Waals surface area contributed by atoms with Gasteiger partial charge in [0.1, 0.15) is 11.6 Å². The van der Waals surface area contributed by atoms with Crippen molar-refractivity contribution in [1.29, 1.82) is 0 Å². The smallest absolute Gasteiger partial charge is 0.238 e. The van der Waals surface area contributed by atoms with Crippen molar-refractivity contribution in [3.8, 4) is 0 Å². The van der Waals surface area contributed by atoms with Gasteiger partial charge in [-0.2, -0.15) is 0 Å². The maximum absolute atomic E-state index is 13.6. The fourth-order valence-corrected chi connectivity index (χ4v) is 2.44. The molecule has 0 unspecified atom stereocenters. The zero-order valence-electron chi connectivity index (χ0n) is 10.8. The van der Waals surface area contributed by atoms with Gasteiger partial charge >= 0.3 is 0 Å². The Morgan fingerprint density at radius 1 is 1.35 bits per heavy atom. The summed E-state index contributed by atoms with van der Waals surface area (Å²) in [5, 5.41) is 2.39. The monoisotopic (exact) mass is 347 g/mol. The molecule has 0 atom stereocenters. The number of rotatable bonds is 3. The number of hydrogen-bond donors (Lipinski definition) is 2. The number of carbonyl (C=O) groups is 1. The second-order valence-corrected chi connectivity index (χ2v) is 5.76. The Hall–Kier alpha value is -1.05. The highest BCUT2D eigenvalue weighted by molar-refractivity contribution is 9.10. The maximum Gasteiger partial charge on any atom is 0.238 e. The van der Waals surface area contributed by atoms with Crippen LogP contribution in [0.5, 0.6) is 0 Å². The first-order valence-corrected chi connectivity index (χ1v) is 7.17. The van der Waals surface area contributed by atoms with Gasteiger partial charge < -0.3 is 11.1 Å². The molecule has 1 aromatic rings. The molecule has 3 N–H and O–H groups in total. The molecule has 1 fully saturated rings. The second-order valence-electron chi connectivity index (χ2n) is 4.91. The van der Waals surface area contributed by atoms with Crippen LogP contribution >= 0.6 is 15.9 Å². The van der Waals surface area contributed by atoms with Crippen LogP contribution in [0, 0.1) is 11.6 Å². The first-order valence-electron chi connectivity index (χ1n) is 6.38. The van der Waals surface area contributed by atoms with Crippen LogP contribution in [0.15, 0.2) is 16.6 Å². The summed E-state index contributed by atoms with van der Waals surface area (Å²) in [6.45, 7) is 1.64. The number of nitrogens with one attached hydrogen (secondary N) is 1. The van der Waals surface area contributed by atoms with Crippen LogP contribution in [0.1, 0.15) is 12.8 Å². The lowest BCUT2D eigenvalue weighted by molar-refractivity contribution is -0.117. The summed E-state index contributed by atoms with van der Waals surface area (Å²) < 4.78 is 26.9. The normalized spacial score (nSPS) is 17.2. The first kappa shape index (κ1) is 15.3. The summed E-state index contributed by atoms with van der Waals surface area (Å²) in [5.41, 5.74) is 5.63. The lowest BCUT2D eigenvalue weighted by atomic mass is 10.1. The maximum atomic E-state index is 13.6. The number of carbonyl (C=O) groups excluding carboxylic acids is 1. The summed E-state index contributed by atoms with van der Waals surface area (Å²) in [6.07, 6.45) is 1.68. The summed E-state index contributed by atoms with van der Waals surface area (Å²) in [7, 11) is 0. The number of amides is 1. The van der Waals surface area contributed by atoms with Gasteiger partial charge in [0.15, 0.2) is 0 Å². The molecule has 4 nitrogen and oxygen atoms in total. The zero-order valence-corrected chi connectivity index (χ0v) is 12.4. The fraction of sp³-hybridized carbons (Fsp3) is 0.462. The molecule has 20 heavy (non-hydrogen) atoms. The molecule has 0 aliphatic carbocycles. The van der Waals surface area contributed by atoms with E-state index < -0.39 is 11.6 Å². The predicted octanol–water partition coefficient (Wildman–Crippen LogP) is 2.09. The average Bonchev–Trinajstić information content (AvgIpc) is 2.39. The number of likely N-dealkylation sites (tertiary alicyclic amines) is 1. The highest BCUT2D eigenvalue weighted by atomic mass is 79.9.